The first-order chi connectivity index (χ1) is 13.3. The average molecular weight is 478 g/mol. The largest absolute Gasteiger partial charge is 0.493 e. The molecule has 0 unspecified atom stereocenters. The molecule has 1 N–H and O–H groups in total. The van der Waals surface area contributed by atoms with Gasteiger partial charge in [-0.25, -0.2) is 4.98 Å². The van der Waals surface area contributed by atoms with Gasteiger partial charge in [0.1, 0.15) is 10.5 Å². The molecular weight excluding hydrogens is 458 g/mol. The van der Waals surface area contributed by atoms with Crippen molar-refractivity contribution in [1.82, 2.24) is 4.98 Å². The molecule has 3 aromatic rings. The monoisotopic (exact) mass is 477 g/mol. The lowest BCUT2D eigenvalue weighted by Gasteiger charge is -2.15. The number of carboxylic acids is 1. The number of thioether (sulfide) groups is 1. The van der Waals surface area contributed by atoms with Crippen molar-refractivity contribution in [1.29, 1.82) is 0 Å². The number of aromatic nitrogens is 1. The molecule has 0 bridgehead atoms. The Bertz CT molecular complexity index is 937. The first-order valence-corrected chi connectivity index (χ1v) is 11.2. The lowest BCUT2D eigenvalue weighted by atomic mass is 10.1. The van der Waals surface area contributed by atoms with Gasteiger partial charge in [-0.15, -0.1) is 11.3 Å². The Morgan fingerprint density at radius 2 is 1.75 bits per heavy atom. The van der Waals surface area contributed by atoms with Crippen LogP contribution >= 0.6 is 39.0 Å². The van der Waals surface area contributed by atoms with Crippen LogP contribution in [0, 0.1) is 0 Å². The van der Waals surface area contributed by atoms with E-state index in [9.17, 15) is 9.90 Å². The zero-order valence-electron chi connectivity index (χ0n) is 15.5. The normalized spacial score (nSPS) is 11.4. The standard InChI is InChI=1S/C21H20BrNO3S2/c1-21(2,19(24)25)28-20-23-17(13-27-20)11-12-26-18-9-5-15(6-10-18)14-3-7-16(22)8-4-14/h3-10,13H,11-12H2,1-2H3,(H,24,25). The second-order valence-corrected chi connectivity index (χ2v) is 10.3. The van der Waals surface area contributed by atoms with Crippen molar-refractivity contribution >= 4 is 45.0 Å². The van der Waals surface area contributed by atoms with Gasteiger partial charge in [0.15, 0.2) is 4.34 Å². The predicted molar refractivity (Wildman–Crippen MR) is 118 cm³/mol. The van der Waals surface area contributed by atoms with Crippen molar-refractivity contribution in [2.24, 2.45) is 0 Å². The van der Waals surface area contributed by atoms with E-state index < -0.39 is 10.7 Å². The van der Waals surface area contributed by atoms with Crippen LogP contribution in [0.4, 0.5) is 0 Å². The summed E-state index contributed by atoms with van der Waals surface area (Å²) < 4.78 is 6.76. The van der Waals surface area contributed by atoms with Gasteiger partial charge in [0, 0.05) is 16.3 Å². The third-order valence-electron chi connectivity index (χ3n) is 4.05. The fourth-order valence-corrected chi connectivity index (χ4v) is 4.86. The number of benzene rings is 2. The number of ether oxygens (including phenoxy) is 1. The first-order valence-electron chi connectivity index (χ1n) is 8.69. The summed E-state index contributed by atoms with van der Waals surface area (Å²) in [5.74, 6) is -0.0260. The second-order valence-electron chi connectivity index (χ2n) is 6.65. The SMILES string of the molecule is CC(C)(Sc1nc(CCOc2ccc(-c3ccc(Br)cc3)cc2)cs1)C(=O)O. The van der Waals surface area contributed by atoms with Gasteiger partial charge in [0.25, 0.3) is 0 Å². The zero-order valence-corrected chi connectivity index (χ0v) is 18.7. The van der Waals surface area contributed by atoms with Crippen molar-refractivity contribution in [3.63, 3.8) is 0 Å². The third-order valence-corrected chi connectivity index (χ3v) is 6.75. The number of hydrogen-bond donors (Lipinski definition) is 1. The van der Waals surface area contributed by atoms with Crippen LogP contribution < -0.4 is 4.74 Å². The first kappa shape index (κ1) is 20.9. The van der Waals surface area contributed by atoms with Gasteiger partial charge in [0.05, 0.1) is 12.3 Å². The highest BCUT2D eigenvalue weighted by atomic mass is 79.9. The third kappa shape index (κ3) is 5.59. The van der Waals surface area contributed by atoms with Gasteiger partial charge in [-0.2, -0.15) is 0 Å². The highest BCUT2D eigenvalue weighted by Crippen LogP contribution is 2.34. The van der Waals surface area contributed by atoms with E-state index in [1.165, 1.54) is 23.1 Å². The number of thiazole rings is 1. The number of hydrogen-bond acceptors (Lipinski definition) is 5. The topological polar surface area (TPSA) is 59.4 Å². The summed E-state index contributed by atoms with van der Waals surface area (Å²) in [6.45, 7) is 3.89. The van der Waals surface area contributed by atoms with E-state index >= 15 is 0 Å². The van der Waals surface area contributed by atoms with Crippen molar-refractivity contribution < 1.29 is 14.6 Å². The van der Waals surface area contributed by atoms with Gasteiger partial charge in [-0.1, -0.05) is 52.0 Å². The summed E-state index contributed by atoms with van der Waals surface area (Å²) in [4.78, 5) is 15.7. The molecule has 1 aromatic heterocycles. The highest BCUT2D eigenvalue weighted by molar-refractivity contribution is 9.10. The molecule has 28 heavy (non-hydrogen) atoms. The lowest BCUT2D eigenvalue weighted by Crippen LogP contribution is -2.26. The summed E-state index contributed by atoms with van der Waals surface area (Å²) >= 11 is 6.19. The maximum absolute atomic E-state index is 11.2. The second kappa shape index (κ2) is 9.11. The fraction of sp³-hybridized carbons (Fsp3) is 0.238. The van der Waals surface area contributed by atoms with Crippen LogP contribution in [0.3, 0.4) is 0 Å². The van der Waals surface area contributed by atoms with Gasteiger partial charge in [0.2, 0.25) is 0 Å². The number of carbonyl (C=O) groups is 1. The van der Waals surface area contributed by atoms with E-state index in [1.54, 1.807) is 13.8 Å². The van der Waals surface area contributed by atoms with Gasteiger partial charge < -0.3 is 9.84 Å². The lowest BCUT2D eigenvalue weighted by molar-refractivity contribution is -0.138. The minimum absolute atomic E-state index is 0.522. The van der Waals surface area contributed by atoms with E-state index in [0.717, 1.165) is 31.4 Å². The summed E-state index contributed by atoms with van der Waals surface area (Å²) in [5, 5.41) is 11.2. The highest BCUT2D eigenvalue weighted by Gasteiger charge is 2.29. The molecule has 0 aliphatic carbocycles. The summed E-state index contributed by atoms with van der Waals surface area (Å²) in [6.07, 6.45) is 0.680. The molecule has 0 amide bonds. The molecule has 0 radical (unpaired) electrons. The molecule has 0 fully saturated rings. The van der Waals surface area contributed by atoms with Crippen molar-refractivity contribution in [3.05, 3.63) is 64.1 Å². The molecule has 1 heterocycles. The number of carboxylic acid groups (broad SMARTS) is 1. The van der Waals surface area contributed by atoms with E-state index in [1.807, 2.05) is 41.8 Å². The van der Waals surface area contributed by atoms with Crippen molar-refractivity contribution in [2.45, 2.75) is 29.4 Å². The van der Waals surface area contributed by atoms with E-state index in [0.29, 0.717) is 13.0 Å². The Morgan fingerprint density at radius 1 is 1.14 bits per heavy atom. The molecule has 0 saturated carbocycles. The summed E-state index contributed by atoms with van der Waals surface area (Å²) in [5.41, 5.74) is 3.22. The number of halogens is 1. The van der Waals surface area contributed by atoms with E-state index in [-0.39, 0.29) is 0 Å². The molecule has 0 atom stereocenters. The van der Waals surface area contributed by atoms with E-state index in [4.69, 9.17) is 4.74 Å². The van der Waals surface area contributed by atoms with Gasteiger partial charge >= 0.3 is 5.97 Å². The van der Waals surface area contributed by atoms with Crippen LogP contribution in [0.1, 0.15) is 19.5 Å². The minimum atomic E-state index is -0.887. The smallest absolute Gasteiger partial charge is 0.319 e. The predicted octanol–water partition coefficient (Wildman–Crippen LogP) is 6.15. The molecule has 4 nitrogen and oxygen atoms in total. The Kier molecular flexibility index (Phi) is 6.80. The van der Waals surface area contributed by atoms with Crippen LogP contribution in [0.15, 0.2) is 62.7 Å². The minimum Gasteiger partial charge on any atom is -0.493 e. The Labute approximate surface area is 181 Å². The molecule has 7 heteroatoms. The van der Waals surface area contributed by atoms with Crippen LogP contribution in [-0.2, 0) is 11.2 Å². The number of rotatable bonds is 8. The Balaban J connectivity index is 1.51. The quantitative estimate of drug-likeness (QED) is 0.394. The molecule has 146 valence electrons. The maximum atomic E-state index is 11.2. The van der Waals surface area contributed by atoms with Crippen LogP contribution in [-0.4, -0.2) is 27.4 Å². The van der Waals surface area contributed by atoms with Crippen LogP contribution in [0.2, 0.25) is 0 Å². The Hall–Kier alpha value is -1.83. The van der Waals surface area contributed by atoms with Crippen LogP contribution in [0.25, 0.3) is 11.1 Å². The molecular formula is C21H20BrNO3S2. The molecule has 2 aromatic carbocycles. The van der Waals surface area contributed by atoms with Crippen molar-refractivity contribution in [3.8, 4) is 16.9 Å². The zero-order chi connectivity index (χ0) is 20.1. The van der Waals surface area contributed by atoms with Gasteiger partial charge in [-0.05, 0) is 49.2 Å². The number of nitrogens with zero attached hydrogens (tertiary/aromatic N) is 1. The summed E-state index contributed by atoms with van der Waals surface area (Å²) in [6, 6.07) is 16.2. The van der Waals surface area contributed by atoms with Crippen LogP contribution in [0.5, 0.6) is 5.75 Å². The Morgan fingerprint density at radius 3 is 2.36 bits per heavy atom. The van der Waals surface area contributed by atoms with E-state index in [2.05, 4.69) is 33.0 Å². The summed E-state index contributed by atoms with van der Waals surface area (Å²) in [7, 11) is 0. The maximum Gasteiger partial charge on any atom is 0.319 e. The molecule has 0 aliphatic rings. The van der Waals surface area contributed by atoms with Gasteiger partial charge in [-0.3, -0.25) is 4.79 Å². The molecule has 3 rings (SSSR count). The average Bonchev–Trinajstić information content (AvgIpc) is 3.09. The molecule has 0 aliphatic heterocycles. The molecule has 0 saturated heterocycles. The number of aliphatic carboxylic acids is 1. The fourth-order valence-electron chi connectivity index (χ4n) is 2.37. The van der Waals surface area contributed by atoms with Crippen molar-refractivity contribution in [2.75, 3.05) is 6.61 Å². The molecule has 0 spiro atoms.